The van der Waals surface area contributed by atoms with Gasteiger partial charge in [-0.2, -0.15) is 0 Å². The summed E-state index contributed by atoms with van der Waals surface area (Å²) in [6, 6.07) is 13.9. The summed E-state index contributed by atoms with van der Waals surface area (Å²) in [5, 5.41) is 0.701. The van der Waals surface area contributed by atoms with Crippen LogP contribution in [0.5, 0.6) is 0 Å². The molecular formula is C14H13BrClFN2. The maximum atomic E-state index is 12.8. The number of nitrogens with one attached hydrogen (secondary N) is 2. The molecule has 0 aromatic heterocycles. The smallest absolute Gasteiger partial charge is 0.123 e. The van der Waals surface area contributed by atoms with E-state index in [0.717, 1.165) is 17.7 Å². The standard InChI is InChI=1S/C14H13BrClFN2/c15-14(9-10-1-5-12(17)6-2-10)19-18-13-7-3-11(16)4-8-13/h1-8,14,18-19H,9H2. The van der Waals surface area contributed by atoms with E-state index in [1.165, 1.54) is 12.1 Å². The molecule has 2 aromatic rings. The van der Waals surface area contributed by atoms with Gasteiger partial charge in [0, 0.05) is 10.7 Å². The van der Waals surface area contributed by atoms with E-state index in [0.29, 0.717) is 5.02 Å². The van der Waals surface area contributed by atoms with Gasteiger partial charge in [-0.25, -0.2) is 9.82 Å². The Labute approximate surface area is 125 Å². The quantitative estimate of drug-likeness (QED) is 0.479. The molecule has 0 saturated heterocycles. The number of benzene rings is 2. The van der Waals surface area contributed by atoms with E-state index in [1.807, 2.05) is 24.3 Å². The van der Waals surface area contributed by atoms with Gasteiger partial charge in [0.2, 0.25) is 0 Å². The van der Waals surface area contributed by atoms with Gasteiger partial charge in [-0.1, -0.05) is 39.7 Å². The molecule has 2 aromatic carbocycles. The lowest BCUT2D eigenvalue weighted by Gasteiger charge is -2.14. The van der Waals surface area contributed by atoms with E-state index < -0.39 is 0 Å². The van der Waals surface area contributed by atoms with Crippen molar-refractivity contribution in [3.63, 3.8) is 0 Å². The molecule has 1 unspecified atom stereocenters. The molecule has 0 fully saturated rings. The van der Waals surface area contributed by atoms with E-state index in [4.69, 9.17) is 11.6 Å². The van der Waals surface area contributed by atoms with Crippen molar-refractivity contribution in [2.24, 2.45) is 0 Å². The van der Waals surface area contributed by atoms with Crippen LogP contribution in [0, 0.1) is 5.82 Å². The summed E-state index contributed by atoms with van der Waals surface area (Å²) in [4.78, 5) is 0.0358. The Hall–Kier alpha value is -1.10. The van der Waals surface area contributed by atoms with E-state index >= 15 is 0 Å². The fourth-order valence-electron chi connectivity index (χ4n) is 1.57. The van der Waals surface area contributed by atoms with Crippen molar-refractivity contribution in [3.8, 4) is 0 Å². The lowest BCUT2D eigenvalue weighted by atomic mass is 10.1. The Bertz CT molecular complexity index is 516. The van der Waals surface area contributed by atoms with Gasteiger partial charge in [0.15, 0.2) is 0 Å². The Balaban J connectivity index is 1.82. The van der Waals surface area contributed by atoms with Crippen LogP contribution in [0.15, 0.2) is 48.5 Å². The van der Waals surface area contributed by atoms with Gasteiger partial charge in [0.25, 0.3) is 0 Å². The Kier molecular flexibility index (Phi) is 5.19. The van der Waals surface area contributed by atoms with Crippen LogP contribution in [0.2, 0.25) is 5.02 Å². The van der Waals surface area contributed by atoms with Crippen molar-refractivity contribution in [1.82, 2.24) is 5.43 Å². The van der Waals surface area contributed by atoms with E-state index in [2.05, 4.69) is 26.8 Å². The number of anilines is 1. The number of hydrogen-bond acceptors (Lipinski definition) is 2. The van der Waals surface area contributed by atoms with Crippen LogP contribution >= 0.6 is 27.5 Å². The molecule has 0 amide bonds. The molecule has 0 aliphatic carbocycles. The number of hydrazine groups is 1. The highest BCUT2D eigenvalue weighted by atomic mass is 79.9. The van der Waals surface area contributed by atoms with E-state index in [9.17, 15) is 4.39 Å². The number of halogens is 3. The summed E-state index contributed by atoms with van der Waals surface area (Å²) in [7, 11) is 0. The van der Waals surface area contributed by atoms with E-state index in [-0.39, 0.29) is 10.8 Å². The average molecular weight is 344 g/mol. The van der Waals surface area contributed by atoms with Gasteiger partial charge >= 0.3 is 0 Å². The monoisotopic (exact) mass is 342 g/mol. The van der Waals surface area contributed by atoms with Crippen molar-refractivity contribution in [3.05, 3.63) is 64.9 Å². The second-order valence-corrected chi connectivity index (χ2v) is 5.62. The van der Waals surface area contributed by atoms with Gasteiger partial charge < -0.3 is 5.43 Å². The molecule has 0 heterocycles. The van der Waals surface area contributed by atoms with Crippen LogP contribution in [0.3, 0.4) is 0 Å². The van der Waals surface area contributed by atoms with Gasteiger partial charge in [0.1, 0.15) is 5.82 Å². The van der Waals surface area contributed by atoms with Gasteiger partial charge in [0.05, 0.1) is 4.95 Å². The zero-order valence-corrected chi connectivity index (χ0v) is 12.4. The molecule has 0 saturated carbocycles. The van der Waals surface area contributed by atoms with E-state index in [1.54, 1.807) is 12.1 Å². The topological polar surface area (TPSA) is 24.1 Å². The van der Waals surface area contributed by atoms with Crippen molar-refractivity contribution in [2.75, 3.05) is 5.43 Å². The molecule has 2 N–H and O–H groups in total. The summed E-state index contributed by atoms with van der Waals surface area (Å²) in [6.07, 6.45) is 0.737. The van der Waals surface area contributed by atoms with Crippen LogP contribution in [-0.2, 0) is 6.42 Å². The third-order valence-corrected chi connectivity index (χ3v) is 3.35. The normalized spacial score (nSPS) is 12.2. The maximum Gasteiger partial charge on any atom is 0.123 e. The molecule has 0 spiro atoms. The minimum atomic E-state index is -0.220. The molecule has 2 rings (SSSR count). The molecule has 0 bridgehead atoms. The second-order valence-electron chi connectivity index (χ2n) is 4.07. The highest BCUT2D eigenvalue weighted by molar-refractivity contribution is 9.09. The molecule has 100 valence electrons. The lowest BCUT2D eigenvalue weighted by molar-refractivity contribution is 0.626. The molecule has 2 nitrogen and oxygen atoms in total. The molecular weight excluding hydrogens is 331 g/mol. The van der Waals surface area contributed by atoms with Crippen LogP contribution in [0.25, 0.3) is 0 Å². The van der Waals surface area contributed by atoms with Gasteiger partial charge in [-0.3, -0.25) is 0 Å². The third kappa shape index (κ3) is 4.82. The minimum absolute atomic E-state index is 0.0358. The Morgan fingerprint density at radius 1 is 1.05 bits per heavy atom. The van der Waals surface area contributed by atoms with Crippen molar-refractivity contribution in [2.45, 2.75) is 11.4 Å². The Morgan fingerprint density at radius 3 is 2.32 bits per heavy atom. The first-order valence-electron chi connectivity index (χ1n) is 5.79. The predicted molar refractivity (Wildman–Crippen MR) is 81.0 cm³/mol. The van der Waals surface area contributed by atoms with Crippen LogP contribution in [0.4, 0.5) is 10.1 Å². The second kappa shape index (κ2) is 6.89. The van der Waals surface area contributed by atoms with Gasteiger partial charge in [-0.05, 0) is 48.4 Å². The van der Waals surface area contributed by atoms with Gasteiger partial charge in [-0.15, -0.1) is 0 Å². The predicted octanol–water partition coefficient (Wildman–Crippen LogP) is 4.36. The largest absolute Gasteiger partial charge is 0.320 e. The summed E-state index contributed by atoms with van der Waals surface area (Å²) in [6.45, 7) is 0. The summed E-state index contributed by atoms with van der Waals surface area (Å²) in [5.41, 5.74) is 8.16. The van der Waals surface area contributed by atoms with Crippen LogP contribution in [0.1, 0.15) is 5.56 Å². The first-order valence-corrected chi connectivity index (χ1v) is 7.08. The molecule has 0 aliphatic heterocycles. The summed E-state index contributed by atoms with van der Waals surface area (Å²) >= 11 is 9.32. The number of rotatable bonds is 5. The molecule has 0 aliphatic rings. The Morgan fingerprint density at radius 2 is 1.68 bits per heavy atom. The zero-order valence-electron chi connectivity index (χ0n) is 10.0. The van der Waals surface area contributed by atoms with Crippen molar-refractivity contribution in [1.29, 1.82) is 0 Å². The fourth-order valence-corrected chi connectivity index (χ4v) is 2.19. The summed E-state index contributed by atoms with van der Waals surface area (Å²) in [5.74, 6) is -0.220. The highest BCUT2D eigenvalue weighted by Gasteiger charge is 2.04. The van der Waals surface area contributed by atoms with Crippen LogP contribution < -0.4 is 10.9 Å². The first kappa shape index (κ1) is 14.3. The summed E-state index contributed by atoms with van der Waals surface area (Å²) < 4.78 is 12.8. The fraction of sp³-hybridized carbons (Fsp3) is 0.143. The molecule has 0 radical (unpaired) electrons. The first-order chi connectivity index (χ1) is 9.13. The van der Waals surface area contributed by atoms with Crippen LogP contribution in [-0.4, -0.2) is 4.95 Å². The number of alkyl halides is 1. The van der Waals surface area contributed by atoms with Crippen molar-refractivity contribution >= 4 is 33.2 Å². The number of hydrogen-bond donors (Lipinski definition) is 2. The maximum absolute atomic E-state index is 12.8. The lowest BCUT2D eigenvalue weighted by Crippen LogP contribution is -2.30. The van der Waals surface area contributed by atoms with Crippen molar-refractivity contribution < 1.29 is 4.39 Å². The average Bonchev–Trinajstić information content (AvgIpc) is 2.41. The zero-order chi connectivity index (χ0) is 13.7. The third-order valence-electron chi connectivity index (χ3n) is 2.55. The molecule has 1 atom stereocenters. The highest BCUT2D eigenvalue weighted by Crippen LogP contribution is 2.14. The molecule has 5 heteroatoms. The SMILES string of the molecule is Fc1ccc(CC(Br)NNc2ccc(Cl)cc2)cc1. The minimum Gasteiger partial charge on any atom is -0.320 e. The molecule has 19 heavy (non-hydrogen) atoms.